The fourth-order valence-electron chi connectivity index (χ4n) is 1.15. The summed E-state index contributed by atoms with van der Waals surface area (Å²) in [7, 11) is 4.09. The number of nitrogens with two attached hydrogens (primary N) is 1. The number of aromatic nitrogens is 1. The summed E-state index contributed by atoms with van der Waals surface area (Å²) in [6.07, 6.45) is 1.92. The highest BCUT2D eigenvalue weighted by Gasteiger charge is 2.10. The van der Waals surface area contributed by atoms with E-state index in [1.807, 2.05) is 20.3 Å². The molecule has 1 atom stereocenters. The van der Waals surface area contributed by atoms with Crippen LogP contribution in [0, 0.1) is 0 Å². The van der Waals surface area contributed by atoms with Crippen molar-refractivity contribution in [3.05, 3.63) is 16.1 Å². The van der Waals surface area contributed by atoms with Crippen LogP contribution < -0.4 is 5.90 Å². The zero-order chi connectivity index (χ0) is 10.6. The average Bonchev–Trinajstić information content (AvgIpc) is 2.52. The highest BCUT2D eigenvalue weighted by atomic mass is 32.1. The third-order valence-corrected chi connectivity index (χ3v) is 3.02. The number of hydrogen-bond donors (Lipinski definition) is 1. The first-order valence-electron chi connectivity index (χ1n) is 4.54. The Morgan fingerprint density at radius 3 is 2.93 bits per heavy atom. The van der Waals surface area contributed by atoms with Crippen molar-refractivity contribution < 1.29 is 4.84 Å². The molecule has 0 aliphatic carbocycles. The molecule has 80 valence electrons. The molecule has 0 aromatic carbocycles. The van der Waals surface area contributed by atoms with E-state index >= 15 is 0 Å². The van der Waals surface area contributed by atoms with E-state index < -0.39 is 0 Å². The Morgan fingerprint density at radius 1 is 1.64 bits per heavy atom. The van der Waals surface area contributed by atoms with Gasteiger partial charge in [0, 0.05) is 23.5 Å². The molecule has 1 rings (SSSR count). The second-order valence-electron chi connectivity index (χ2n) is 3.64. The van der Waals surface area contributed by atoms with Crippen LogP contribution in [0.15, 0.2) is 6.20 Å². The van der Waals surface area contributed by atoms with E-state index in [0.29, 0.717) is 6.61 Å². The normalized spacial score (nSPS) is 13.5. The van der Waals surface area contributed by atoms with Crippen LogP contribution in [-0.2, 0) is 11.4 Å². The van der Waals surface area contributed by atoms with Crippen LogP contribution in [0.5, 0.6) is 0 Å². The maximum absolute atomic E-state index is 5.02. The zero-order valence-electron chi connectivity index (χ0n) is 8.86. The molecule has 1 aromatic heterocycles. The second kappa shape index (κ2) is 5.41. The molecule has 0 aliphatic rings. The van der Waals surface area contributed by atoms with Crippen molar-refractivity contribution in [3.8, 4) is 0 Å². The molecule has 0 spiro atoms. The number of rotatable bonds is 5. The number of thiazole rings is 1. The minimum atomic E-state index is 0.279. The van der Waals surface area contributed by atoms with E-state index in [0.717, 1.165) is 11.6 Å². The summed E-state index contributed by atoms with van der Waals surface area (Å²) >= 11 is 1.72. The van der Waals surface area contributed by atoms with Crippen LogP contribution in [0.2, 0.25) is 0 Å². The van der Waals surface area contributed by atoms with Gasteiger partial charge in [0.15, 0.2) is 0 Å². The molecule has 0 saturated heterocycles. The number of nitrogens with zero attached hydrogens (tertiary/aromatic N) is 2. The van der Waals surface area contributed by atoms with E-state index in [2.05, 4.69) is 21.6 Å². The first-order valence-corrected chi connectivity index (χ1v) is 5.36. The van der Waals surface area contributed by atoms with Crippen molar-refractivity contribution in [2.75, 3.05) is 20.7 Å². The minimum Gasteiger partial charge on any atom is -0.304 e. The lowest BCUT2D eigenvalue weighted by molar-refractivity contribution is 0.126. The topological polar surface area (TPSA) is 51.4 Å². The van der Waals surface area contributed by atoms with Crippen molar-refractivity contribution in [1.82, 2.24) is 9.88 Å². The molecular weight excluding hydrogens is 198 g/mol. The lowest BCUT2D eigenvalue weighted by Crippen LogP contribution is -2.09. The quantitative estimate of drug-likeness (QED) is 0.750. The molecule has 4 nitrogen and oxygen atoms in total. The standard InChI is InChI=1S/C9H17N3OS/c1-7(6-13-10)9-11-4-8(14-9)5-12(2)3/h4,7H,5-6,10H2,1-3H3. The lowest BCUT2D eigenvalue weighted by atomic mass is 10.2. The Morgan fingerprint density at radius 2 is 2.36 bits per heavy atom. The maximum atomic E-state index is 5.02. The molecule has 2 N–H and O–H groups in total. The van der Waals surface area contributed by atoms with Crippen molar-refractivity contribution >= 4 is 11.3 Å². The highest BCUT2D eigenvalue weighted by Crippen LogP contribution is 2.22. The van der Waals surface area contributed by atoms with Gasteiger partial charge in [0.05, 0.1) is 11.6 Å². The molecule has 0 amide bonds. The van der Waals surface area contributed by atoms with Crippen LogP contribution in [0.4, 0.5) is 0 Å². The van der Waals surface area contributed by atoms with Crippen LogP contribution in [0.3, 0.4) is 0 Å². The summed E-state index contributed by atoms with van der Waals surface area (Å²) < 4.78 is 0. The van der Waals surface area contributed by atoms with Gasteiger partial charge in [-0.25, -0.2) is 10.9 Å². The Kier molecular flexibility index (Phi) is 4.47. The zero-order valence-corrected chi connectivity index (χ0v) is 9.67. The van der Waals surface area contributed by atoms with Crippen LogP contribution in [0.1, 0.15) is 22.7 Å². The molecule has 14 heavy (non-hydrogen) atoms. The molecule has 0 aliphatic heterocycles. The smallest absolute Gasteiger partial charge is 0.0980 e. The molecule has 0 fully saturated rings. The predicted octanol–water partition coefficient (Wildman–Crippen LogP) is 1.20. The Bertz CT molecular complexity index is 275. The van der Waals surface area contributed by atoms with E-state index in [1.165, 1.54) is 4.88 Å². The first-order chi connectivity index (χ1) is 6.63. The third-order valence-electron chi connectivity index (χ3n) is 1.81. The first kappa shape index (κ1) is 11.6. The molecule has 0 saturated carbocycles. The number of hydrogen-bond acceptors (Lipinski definition) is 5. The summed E-state index contributed by atoms with van der Waals surface area (Å²) in [5.41, 5.74) is 0. The third kappa shape index (κ3) is 3.34. The van der Waals surface area contributed by atoms with E-state index in [4.69, 9.17) is 5.90 Å². The Balaban J connectivity index is 2.58. The van der Waals surface area contributed by atoms with Crippen molar-refractivity contribution in [2.24, 2.45) is 5.90 Å². The summed E-state index contributed by atoms with van der Waals surface area (Å²) in [6.45, 7) is 3.52. The summed E-state index contributed by atoms with van der Waals surface area (Å²) in [5.74, 6) is 5.30. The van der Waals surface area contributed by atoms with Gasteiger partial charge in [0.2, 0.25) is 0 Å². The highest BCUT2D eigenvalue weighted by molar-refractivity contribution is 7.11. The molecule has 5 heteroatoms. The molecule has 0 bridgehead atoms. The lowest BCUT2D eigenvalue weighted by Gasteiger charge is -2.06. The van der Waals surface area contributed by atoms with Crippen LogP contribution >= 0.6 is 11.3 Å². The van der Waals surface area contributed by atoms with Gasteiger partial charge in [-0.15, -0.1) is 11.3 Å². The van der Waals surface area contributed by atoms with Gasteiger partial charge in [-0.2, -0.15) is 0 Å². The fourth-order valence-corrected chi connectivity index (χ4v) is 2.22. The van der Waals surface area contributed by atoms with Crippen LogP contribution in [-0.4, -0.2) is 30.6 Å². The Labute approximate surface area is 88.6 Å². The van der Waals surface area contributed by atoms with Gasteiger partial charge in [0.1, 0.15) is 0 Å². The SMILES string of the molecule is CC(CON)c1ncc(CN(C)C)s1. The van der Waals surface area contributed by atoms with Crippen molar-refractivity contribution in [2.45, 2.75) is 19.4 Å². The van der Waals surface area contributed by atoms with Crippen molar-refractivity contribution in [1.29, 1.82) is 0 Å². The molecule has 0 radical (unpaired) electrons. The van der Waals surface area contributed by atoms with Gasteiger partial charge < -0.3 is 9.74 Å². The maximum Gasteiger partial charge on any atom is 0.0980 e. The van der Waals surface area contributed by atoms with Gasteiger partial charge in [-0.05, 0) is 14.1 Å². The van der Waals surface area contributed by atoms with Gasteiger partial charge >= 0.3 is 0 Å². The predicted molar refractivity (Wildman–Crippen MR) is 58.1 cm³/mol. The van der Waals surface area contributed by atoms with E-state index in [-0.39, 0.29) is 5.92 Å². The summed E-state index contributed by atoms with van der Waals surface area (Å²) in [4.78, 5) is 12.3. The minimum absolute atomic E-state index is 0.279. The molecular formula is C9H17N3OS. The van der Waals surface area contributed by atoms with Gasteiger partial charge in [-0.1, -0.05) is 6.92 Å². The van der Waals surface area contributed by atoms with Crippen molar-refractivity contribution in [3.63, 3.8) is 0 Å². The fraction of sp³-hybridized carbons (Fsp3) is 0.667. The van der Waals surface area contributed by atoms with E-state index in [1.54, 1.807) is 11.3 Å². The Hall–Kier alpha value is -0.490. The largest absolute Gasteiger partial charge is 0.304 e. The van der Waals surface area contributed by atoms with Gasteiger partial charge in [-0.3, -0.25) is 0 Å². The summed E-state index contributed by atoms with van der Waals surface area (Å²) in [5, 5.41) is 1.09. The average molecular weight is 215 g/mol. The molecule has 1 unspecified atom stereocenters. The van der Waals surface area contributed by atoms with E-state index in [9.17, 15) is 0 Å². The van der Waals surface area contributed by atoms with Gasteiger partial charge in [0.25, 0.3) is 0 Å². The molecule has 1 aromatic rings. The molecule has 1 heterocycles. The summed E-state index contributed by atoms with van der Waals surface area (Å²) in [6, 6.07) is 0. The second-order valence-corrected chi connectivity index (χ2v) is 4.78. The monoisotopic (exact) mass is 215 g/mol. The van der Waals surface area contributed by atoms with Crippen LogP contribution in [0.25, 0.3) is 0 Å².